The molecule has 13 heteroatoms. The molecule has 4 N–H and O–H groups in total. The van der Waals surface area contributed by atoms with Gasteiger partial charge in [0.25, 0.3) is 11.8 Å². The van der Waals surface area contributed by atoms with Crippen molar-refractivity contribution in [3.63, 3.8) is 0 Å². The van der Waals surface area contributed by atoms with Crippen molar-refractivity contribution < 1.29 is 9.59 Å². The third-order valence-corrected chi connectivity index (χ3v) is 7.77. The van der Waals surface area contributed by atoms with Crippen molar-refractivity contribution in [2.75, 3.05) is 30.0 Å². The number of nitrogens with zero attached hydrogens (tertiary/aromatic N) is 6. The highest BCUT2D eigenvalue weighted by Gasteiger charge is 2.25. The number of rotatable bonds is 7. The van der Waals surface area contributed by atoms with Gasteiger partial charge in [-0.2, -0.15) is 0 Å². The second kappa shape index (κ2) is 11.5. The minimum atomic E-state index is -0.455. The summed E-state index contributed by atoms with van der Waals surface area (Å²) in [5.41, 5.74) is 8.16. The number of fused-ring (bicyclic) bond motifs is 1. The number of aromatic nitrogens is 5. The molecule has 2 aromatic carbocycles. The molecule has 43 heavy (non-hydrogen) atoms. The summed E-state index contributed by atoms with van der Waals surface area (Å²) in [5.74, 6) is 4.87. The van der Waals surface area contributed by atoms with E-state index in [1.54, 1.807) is 54.7 Å². The Labute approximate surface area is 250 Å². The van der Waals surface area contributed by atoms with Crippen LogP contribution in [0.1, 0.15) is 28.1 Å². The molecule has 0 saturated heterocycles. The van der Waals surface area contributed by atoms with Gasteiger partial charge in [-0.05, 0) is 75.2 Å². The number of amides is 2. The molecule has 12 nitrogen and oxygen atoms in total. The Morgan fingerprint density at radius 1 is 1.07 bits per heavy atom. The van der Waals surface area contributed by atoms with Crippen LogP contribution in [-0.4, -0.2) is 60.4 Å². The fourth-order valence-corrected chi connectivity index (χ4v) is 5.30. The Hall–Kier alpha value is -5.32. The van der Waals surface area contributed by atoms with Gasteiger partial charge in [-0.1, -0.05) is 12.0 Å². The quantitative estimate of drug-likeness (QED) is 0.243. The highest BCUT2D eigenvalue weighted by molar-refractivity contribution is 7.15. The van der Waals surface area contributed by atoms with Gasteiger partial charge >= 0.3 is 5.69 Å². The number of anilines is 3. The number of thiazole rings is 1. The second-order valence-electron chi connectivity index (χ2n) is 10.1. The molecule has 0 bridgehead atoms. The summed E-state index contributed by atoms with van der Waals surface area (Å²) in [4.78, 5) is 54.8. The smallest absolute Gasteiger partial charge is 0.339 e. The molecule has 3 heterocycles. The van der Waals surface area contributed by atoms with E-state index in [1.165, 1.54) is 39.6 Å². The maximum atomic E-state index is 13.9. The van der Waals surface area contributed by atoms with Crippen LogP contribution >= 0.6 is 11.3 Å². The topological polar surface area (TPSA) is 153 Å². The van der Waals surface area contributed by atoms with Crippen molar-refractivity contribution in [3.8, 4) is 23.2 Å². The molecule has 0 aliphatic heterocycles. The van der Waals surface area contributed by atoms with Crippen molar-refractivity contribution in [3.05, 3.63) is 82.0 Å². The van der Waals surface area contributed by atoms with E-state index in [9.17, 15) is 14.4 Å². The molecule has 0 spiro atoms. The lowest BCUT2D eigenvalue weighted by atomic mass is 10.2. The maximum absolute atomic E-state index is 13.9. The maximum Gasteiger partial charge on any atom is 0.339 e. The molecule has 1 saturated carbocycles. The van der Waals surface area contributed by atoms with E-state index in [0.717, 1.165) is 4.88 Å². The fraction of sp³-hybridized carbons (Fsp3) is 0.200. The lowest BCUT2D eigenvalue weighted by Gasteiger charge is -2.10. The van der Waals surface area contributed by atoms with Crippen molar-refractivity contribution in [1.29, 1.82) is 0 Å². The van der Waals surface area contributed by atoms with Crippen LogP contribution in [0.3, 0.4) is 0 Å². The summed E-state index contributed by atoms with van der Waals surface area (Å²) in [7, 11) is 1.99. The Morgan fingerprint density at radius 3 is 2.58 bits per heavy atom. The number of carbonyl (C=O) groups is 2. The summed E-state index contributed by atoms with van der Waals surface area (Å²) >= 11 is 1.38. The lowest BCUT2D eigenvalue weighted by molar-refractivity contribution is -0.111. The first-order valence-electron chi connectivity index (χ1n) is 13.5. The average Bonchev–Trinajstić information content (AvgIpc) is 3.70. The number of imidazole rings is 1. The number of carbonyl (C=O) groups excluding carboxylic acids is 2. The van der Waals surface area contributed by atoms with Gasteiger partial charge in [0.15, 0.2) is 16.6 Å². The van der Waals surface area contributed by atoms with Gasteiger partial charge < -0.3 is 11.1 Å². The van der Waals surface area contributed by atoms with E-state index in [1.807, 2.05) is 14.0 Å². The normalized spacial score (nSPS) is 12.6. The minimum Gasteiger partial charge on any atom is -0.382 e. The summed E-state index contributed by atoms with van der Waals surface area (Å²) in [6, 6.07) is 13.9. The second-order valence-corrected chi connectivity index (χ2v) is 11.3. The van der Waals surface area contributed by atoms with Crippen molar-refractivity contribution in [1.82, 2.24) is 29.0 Å². The van der Waals surface area contributed by atoms with Crippen LogP contribution in [-0.2, 0) is 4.79 Å². The number of hydrogen-bond donors (Lipinski definition) is 3. The van der Waals surface area contributed by atoms with E-state index >= 15 is 0 Å². The third-order valence-electron chi connectivity index (χ3n) is 6.94. The van der Waals surface area contributed by atoms with Gasteiger partial charge in [0.1, 0.15) is 11.8 Å². The zero-order chi connectivity index (χ0) is 30.1. The van der Waals surface area contributed by atoms with Crippen LogP contribution in [0.25, 0.3) is 22.5 Å². The summed E-state index contributed by atoms with van der Waals surface area (Å²) in [6.45, 7) is 2.43. The molecule has 2 amide bonds. The Morgan fingerprint density at radius 2 is 1.86 bits per heavy atom. The van der Waals surface area contributed by atoms with Crippen LogP contribution in [0.4, 0.5) is 16.6 Å². The first kappa shape index (κ1) is 27.8. The van der Waals surface area contributed by atoms with Gasteiger partial charge in [0.2, 0.25) is 0 Å². The van der Waals surface area contributed by atoms with Crippen LogP contribution in [0.2, 0.25) is 0 Å². The molecule has 0 atom stereocenters. The molecule has 6 rings (SSSR count). The van der Waals surface area contributed by atoms with Crippen molar-refractivity contribution >= 4 is 51.0 Å². The average molecular weight is 594 g/mol. The minimum absolute atomic E-state index is 0.109. The molecule has 1 fully saturated rings. The molecule has 0 unspecified atom stereocenters. The molecule has 1 aliphatic rings. The Bertz CT molecular complexity index is 1980. The first-order chi connectivity index (χ1) is 20.8. The van der Waals surface area contributed by atoms with Gasteiger partial charge in [-0.3, -0.25) is 24.4 Å². The van der Waals surface area contributed by atoms with E-state index in [4.69, 9.17) is 5.73 Å². The van der Waals surface area contributed by atoms with Crippen LogP contribution < -0.4 is 22.1 Å². The van der Waals surface area contributed by atoms with Crippen LogP contribution in [0, 0.1) is 18.8 Å². The zero-order valence-electron chi connectivity index (χ0n) is 23.4. The van der Waals surface area contributed by atoms with Crippen molar-refractivity contribution in [2.45, 2.75) is 25.8 Å². The molecule has 1 aliphatic carbocycles. The molecular weight excluding hydrogens is 566 g/mol. The highest BCUT2D eigenvalue weighted by Crippen LogP contribution is 2.26. The Balaban J connectivity index is 1.30. The molecule has 216 valence electrons. The predicted octanol–water partition coefficient (Wildman–Crippen LogP) is 3.21. The monoisotopic (exact) mass is 593 g/mol. The molecule has 3 aromatic heterocycles. The molecule has 5 aromatic rings. The van der Waals surface area contributed by atoms with Gasteiger partial charge in [-0.15, -0.1) is 11.3 Å². The highest BCUT2D eigenvalue weighted by atomic mass is 32.1. The van der Waals surface area contributed by atoms with Gasteiger partial charge in [-0.25, -0.2) is 24.3 Å². The Kier molecular flexibility index (Phi) is 7.45. The van der Waals surface area contributed by atoms with Crippen LogP contribution in [0.5, 0.6) is 0 Å². The lowest BCUT2D eigenvalue weighted by Crippen LogP contribution is -2.22. The number of hydrogen-bond acceptors (Lipinski definition) is 9. The largest absolute Gasteiger partial charge is 0.382 e. The van der Waals surface area contributed by atoms with E-state index < -0.39 is 11.6 Å². The SMILES string of the molecule is Cc1cnc(NC(=O)c2ccc(-n3c(=O)n(-c4cccc(NC(=O)C#CCN(C)C5CC5)c4)c4ncnc(N)c43)cc2)s1. The standard InChI is InChI=1S/C30H27N9O3S/c1-18-16-32-29(43-18)36-28(41)19-8-10-22(11-9-19)38-25-26(31)33-17-34-27(25)39(30(38)42)23-6-3-5-20(15-23)35-24(40)7-4-14-37(2)21-12-13-21/h3,5-6,8-11,15-17,21H,12-14H2,1-2H3,(H,35,40)(H2,31,33,34)(H,32,36,41). The fourth-order valence-electron chi connectivity index (χ4n) is 4.64. The number of nitrogen functional groups attached to an aromatic ring is 1. The van der Waals surface area contributed by atoms with E-state index in [0.29, 0.717) is 45.9 Å². The summed E-state index contributed by atoms with van der Waals surface area (Å²) < 4.78 is 2.79. The van der Waals surface area contributed by atoms with Gasteiger partial charge in [0.05, 0.1) is 17.9 Å². The van der Waals surface area contributed by atoms with Crippen molar-refractivity contribution in [2.24, 2.45) is 0 Å². The number of nitrogens with one attached hydrogen (secondary N) is 2. The number of nitrogens with two attached hydrogens (primary N) is 1. The molecular formula is C30H27N9O3S. The van der Waals surface area contributed by atoms with E-state index in [2.05, 4.69) is 42.3 Å². The summed E-state index contributed by atoms with van der Waals surface area (Å²) in [6.07, 6.45) is 5.30. The number of benzene rings is 2. The molecule has 0 radical (unpaired) electrons. The van der Waals surface area contributed by atoms with Crippen LogP contribution in [0.15, 0.2) is 65.8 Å². The number of aryl methyl sites for hydroxylation is 1. The first-order valence-corrected chi connectivity index (χ1v) is 14.3. The summed E-state index contributed by atoms with van der Waals surface area (Å²) in [5, 5.41) is 6.04. The predicted molar refractivity (Wildman–Crippen MR) is 166 cm³/mol. The van der Waals surface area contributed by atoms with Gasteiger partial charge in [0, 0.05) is 28.4 Å². The zero-order valence-corrected chi connectivity index (χ0v) is 24.2. The van der Waals surface area contributed by atoms with E-state index in [-0.39, 0.29) is 17.4 Å². The third kappa shape index (κ3) is 5.87.